The molecule has 0 fully saturated rings. The minimum Gasteiger partial charge on any atom is -0.383 e. The maximum atomic E-state index is 13.5. The normalized spacial score (nSPS) is 13.1. The summed E-state index contributed by atoms with van der Waals surface area (Å²) in [5.74, 6) is -2.12. The van der Waals surface area contributed by atoms with E-state index in [2.05, 4.69) is 10.6 Å². The smallest absolute Gasteiger partial charge is 0.275 e. The molecule has 2 atom stereocenters. The lowest BCUT2D eigenvalue weighted by atomic mass is 9.85. The van der Waals surface area contributed by atoms with Crippen LogP contribution in [-0.4, -0.2) is 51.8 Å². The van der Waals surface area contributed by atoms with E-state index in [0.717, 1.165) is 16.7 Å². The Morgan fingerprint density at radius 1 is 0.825 bits per heavy atom. The number of nitrogens with zero attached hydrogens (tertiary/aromatic N) is 1. The largest absolute Gasteiger partial charge is 0.383 e. The molecule has 3 rings (SSSR count). The fourth-order valence-electron chi connectivity index (χ4n) is 4.15. The molecule has 4 N–H and O–H groups in total. The molecule has 0 aliphatic heterocycles. The molecule has 0 saturated carbocycles. The topological polar surface area (TPSA) is 119 Å². The number of aliphatic hydroxyl groups excluding tert-OH is 1. The van der Waals surface area contributed by atoms with Crippen molar-refractivity contribution in [1.29, 1.82) is 0 Å². The molecule has 0 aromatic heterocycles. The summed E-state index contributed by atoms with van der Waals surface area (Å²) in [6.07, 6.45) is 0.898. The number of aliphatic hydroxyl groups is 1. The summed E-state index contributed by atoms with van der Waals surface area (Å²) < 4.78 is 0. The molecule has 3 amide bonds. The summed E-state index contributed by atoms with van der Waals surface area (Å²) in [4.78, 5) is 38.8. The van der Waals surface area contributed by atoms with E-state index in [-0.39, 0.29) is 6.54 Å². The van der Waals surface area contributed by atoms with Crippen LogP contribution in [0.25, 0.3) is 6.08 Å². The predicted octanol–water partition coefficient (Wildman–Crippen LogP) is 4.11. The molecular formula is C32H37N3O5. The van der Waals surface area contributed by atoms with Crippen molar-refractivity contribution in [3.8, 4) is 0 Å². The molecule has 210 valence electrons. The third-order valence-electron chi connectivity index (χ3n) is 6.29. The molecular weight excluding hydrogens is 506 g/mol. The number of nitrogens with one attached hydrogen (secondary N) is 2. The SMILES string of the molecule is CC(C)(C)[C@H](NC(=O)C[C@H](O)C(=O)N(O)CC=Cc1ccccc1)C(=O)NC(c1ccccc1)c1ccccc1. The van der Waals surface area contributed by atoms with E-state index in [0.29, 0.717) is 5.06 Å². The second kappa shape index (κ2) is 14.2. The third kappa shape index (κ3) is 8.90. The molecule has 0 unspecified atom stereocenters. The van der Waals surface area contributed by atoms with Gasteiger partial charge in [-0.25, -0.2) is 5.06 Å². The second-order valence-electron chi connectivity index (χ2n) is 10.6. The van der Waals surface area contributed by atoms with Crippen LogP contribution < -0.4 is 10.6 Å². The number of hydrogen-bond acceptors (Lipinski definition) is 5. The fraction of sp³-hybridized carbons (Fsp3) is 0.281. The number of hydroxylamine groups is 2. The van der Waals surface area contributed by atoms with Crippen molar-refractivity contribution in [2.45, 2.75) is 45.4 Å². The van der Waals surface area contributed by atoms with Crippen LogP contribution in [0.4, 0.5) is 0 Å². The van der Waals surface area contributed by atoms with Gasteiger partial charge in [-0.3, -0.25) is 19.6 Å². The molecule has 3 aromatic rings. The lowest BCUT2D eigenvalue weighted by Crippen LogP contribution is -2.55. The van der Waals surface area contributed by atoms with E-state index in [1.54, 1.807) is 12.2 Å². The first kappa shape index (κ1) is 30.3. The van der Waals surface area contributed by atoms with Gasteiger partial charge < -0.3 is 15.7 Å². The van der Waals surface area contributed by atoms with Crippen molar-refractivity contribution in [3.63, 3.8) is 0 Å². The van der Waals surface area contributed by atoms with Gasteiger partial charge in [0.1, 0.15) is 12.1 Å². The number of amides is 3. The van der Waals surface area contributed by atoms with Crippen molar-refractivity contribution in [1.82, 2.24) is 15.7 Å². The number of benzene rings is 3. The second-order valence-corrected chi connectivity index (χ2v) is 10.6. The molecule has 8 heteroatoms. The Morgan fingerprint density at radius 3 is 1.82 bits per heavy atom. The van der Waals surface area contributed by atoms with Crippen molar-refractivity contribution in [2.75, 3.05) is 6.54 Å². The Hall–Kier alpha value is -4.27. The summed E-state index contributed by atoms with van der Waals surface area (Å²) >= 11 is 0. The maximum absolute atomic E-state index is 13.5. The van der Waals surface area contributed by atoms with Crippen LogP contribution in [0, 0.1) is 5.41 Å². The first-order valence-corrected chi connectivity index (χ1v) is 13.2. The Morgan fingerprint density at radius 2 is 1.32 bits per heavy atom. The summed E-state index contributed by atoms with van der Waals surface area (Å²) in [5, 5.41) is 26.5. The van der Waals surface area contributed by atoms with E-state index in [9.17, 15) is 24.7 Å². The Bertz CT molecular complexity index is 1230. The van der Waals surface area contributed by atoms with Gasteiger partial charge in [0.25, 0.3) is 5.91 Å². The first-order valence-electron chi connectivity index (χ1n) is 13.2. The lowest BCUT2D eigenvalue weighted by Gasteiger charge is -2.32. The van der Waals surface area contributed by atoms with Crippen molar-refractivity contribution >= 4 is 23.8 Å². The van der Waals surface area contributed by atoms with E-state index in [1.165, 1.54) is 0 Å². The third-order valence-corrected chi connectivity index (χ3v) is 6.29. The summed E-state index contributed by atoms with van der Waals surface area (Å²) in [7, 11) is 0. The monoisotopic (exact) mass is 543 g/mol. The Kier molecular flexibility index (Phi) is 10.8. The van der Waals surface area contributed by atoms with Gasteiger partial charge in [-0.2, -0.15) is 0 Å². The van der Waals surface area contributed by atoms with Crippen LogP contribution in [0.1, 0.15) is 49.9 Å². The molecule has 0 bridgehead atoms. The van der Waals surface area contributed by atoms with Crippen LogP contribution in [0.5, 0.6) is 0 Å². The van der Waals surface area contributed by atoms with E-state index >= 15 is 0 Å². The summed E-state index contributed by atoms with van der Waals surface area (Å²) in [6.45, 7) is 5.27. The summed E-state index contributed by atoms with van der Waals surface area (Å²) in [6, 6.07) is 26.9. The number of hydrogen-bond donors (Lipinski definition) is 4. The predicted molar refractivity (Wildman–Crippen MR) is 154 cm³/mol. The van der Waals surface area contributed by atoms with Gasteiger partial charge in [-0.15, -0.1) is 0 Å². The summed E-state index contributed by atoms with van der Waals surface area (Å²) in [5.41, 5.74) is 1.96. The molecule has 0 heterocycles. The van der Waals surface area contributed by atoms with Crippen LogP contribution in [0.2, 0.25) is 0 Å². The fourth-order valence-corrected chi connectivity index (χ4v) is 4.15. The zero-order chi connectivity index (χ0) is 29.1. The number of rotatable bonds is 11. The van der Waals surface area contributed by atoms with E-state index in [4.69, 9.17) is 0 Å². The van der Waals surface area contributed by atoms with Gasteiger partial charge in [-0.1, -0.05) is 124 Å². The van der Waals surface area contributed by atoms with Gasteiger partial charge in [0.15, 0.2) is 0 Å². The van der Waals surface area contributed by atoms with Crippen LogP contribution >= 0.6 is 0 Å². The molecule has 0 aliphatic rings. The van der Waals surface area contributed by atoms with Gasteiger partial charge in [0.05, 0.1) is 19.0 Å². The molecule has 0 saturated heterocycles. The highest BCUT2D eigenvalue weighted by molar-refractivity contribution is 5.91. The number of carbonyl (C=O) groups excluding carboxylic acids is 3. The molecule has 40 heavy (non-hydrogen) atoms. The van der Waals surface area contributed by atoms with Crippen molar-refractivity contribution in [3.05, 3.63) is 114 Å². The average Bonchev–Trinajstić information content (AvgIpc) is 2.95. The molecule has 3 aromatic carbocycles. The van der Waals surface area contributed by atoms with Crippen LogP contribution in [-0.2, 0) is 14.4 Å². The zero-order valence-electron chi connectivity index (χ0n) is 23.0. The molecule has 0 radical (unpaired) electrons. The lowest BCUT2D eigenvalue weighted by molar-refractivity contribution is -0.173. The van der Waals surface area contributed by atoms with Crippen LogP contribution in [0.3, 0.4) is 0 Å². The van der Waals surface area contributed by atoms with Gasteiger partial charge >= 0.3 is 0 Å². The quantitative estimate of drug-likeness (QED) is 0.214. The first-order chi connectivity index (χ1) is 19.1. The molecule has 0 spiro atoms. The highest BCUT2D eigenvalue weighted by atomic mass is 16.5. The molecule has 0 aliphatic carbocycles. The van der Waals surface area contributed by atoms with Gasteiger partial charge in [0.2, 0.25) is 11.8 Å². The highest BCUT2D eigenvalue weighted by Crippen LogP contribution is 2.25. The highest BCUT2D eigenvalue weighted by Gasteiger charge is 2.35. The van der Waals surface area contributed by atoms with E-state index in [1.807, 2.05) is 112 Å². The minimum atomic E-state index is -1.78. The Labute approximate surface area is 235 Å². The van der Waals surface area contributed by atoms with E-state index < -0.39 is 47.7 Å². The van der Waals surface area contributed by atoms with Gasteiger partial charge in [0, 0.05) is 0 Å². The standard InChI is InChI=1S/C32H37N3O5/c1-32(2,3)29(30(38)34-28(24-17-9-5-10-18-24)25-19-11-6-12-20-25)33-27(37)22-26(36)31(39)35(40)21-13-16-23-14-7-4-8-15-23/h4-20,26,28-29,36,40H,21-22H2,1-3H3,(H,33,37)(H,34,38)/t26-,29+/m0/s1. The average molecular weight is 544 g/mol. The van der Waals surface area contributed by atoms with Crippen molar-refractivity contribution < 1.29 is 24.7 Å². The number of carbonyl (C=O) groups is 3. The minimum absolute atomic E-state index is 0.167. The Balaban J connectivity index is 1.64. The van der Waals surface area contributed by atoms with Crippen LogP contribution in [0.15, 0.2) is 97.1 Å². The van der Waals surface area contributed by atoms with Crippen molar-refractivity contribution in [2.24, 2.45) is 5.41 Å². The van der Waals surface area contributed by atoms with Gasteiger partial charge in [-0.05, 0) is 22.1 Å². The zero-order valence-corrected chi connectivity index (χ0v) is 23.0. The molecule has 8 nitrogen and oxygen atoms in total. The maximum Gasteiger partial charge on any atom is 0.275 e.